The van der Waals surface area contributed by atoms with Crippen LogP contribution in [0.5, 0.6) is 0 Å². The van der Waals surface area contributed by atoms with Crippen LogP contribution in [-0.2, 0) is 60.9 Å². The first-order valence-corrected chi connectivity index (χ1v) is 17.0. The SMILES string of the molecule is CCC(=O)CCC(NC(=O)COCCOCCNC(=O)OC(C)(C)C)C(=O)NC(CCC(=O)OCc1ccccc1)C(=O)OCc1ccccc1. The Morgan fingerprint density at radius 2 is 1.29 bits per heavy atom. The Hall–Kier alpha value is -4.82. The molecule has 51 heavy (non-hydrogen) atoms. The van der Waals surface area contributed by atoms with E-state index in [-0.39, 0.29) is 77.5 Å². The minimum atomic E-state index is -1.25. The molecule has 2 unspecified atom stereocenters. The number of ether oxygens (including phenoxy) is 5. The van der Waals surface area contributed by atoms with Crippen molar-refractivity contribution in [2.45, 2.75) is 90.7 Å². The van der Waals surface area contributed by atoms with Gasteiger partial charge in [-0.25, -0.2) is 9.59 Å². The van der Waals surface area contributed by atoms with Crippen LogP contribution in [0.3, 0.4) is 0 Å². The number of carbonyl (C=O) groups is 6. The highest BCUT2D eigenvalue weighted by Gasteiger charge is 2.29. The zero-order chi connectivity index (χ0) is 37.5. The summed E-state index contributed by atoms with van der Waals surface area (Å²) in [7, 11) is 0. The number of rotatable bonds is 23. The molecule has 0 bridgehead atoms. The highest BCUT2D eigenvalue weighted by atomic mass is 16.6. The molecule has 0 saturated carbocycles. The van der Waals surface area contributed by atoms with Gasteiger partial charge < -0.3 is 39.6 Å². The van der Waals surface area contributed by atoms with Crippen LogP contribution in [0, 0.1) is 0 Å². The van der Waals surface area contributed by atoms with Gasteiger partial charge in [0, 0.05) is 25.8 Å². The molecule has 0 aromatic heterocycles. The first-order chi connectivity index (χ1) is 24.4. The zero-order valence-electron chi connectivity index (χ0n) is 29.9. The topological polar surface area (TPSA) is 185 Å². The first-order valence-electron chi connectivity index (χ1n) is 17.0. The minimum absolute atomic E-state index is 0.00975. The molecule has 14 heteroatoms. The van der Waals surface area contributed by atoms with E-state index in [2.05, 4.69) is 16.0 Å². The van der Waals surface area contributed by atoms with Crippen molar-refractivity contribution in [2.24, 2.45) is 0 Å². The monoisotopic (exact) mass is 713 g/mol. The van der Waals surface area contributed by atoms with Gasteiger partial charge in [-0.1, -0.05) is 67.6 Å². The maximum absolute atomic E-state index is 13.5. The maximum atomic E-state index is 13.5. The van der Waals surface area contributed by atoms with Gasteiger partial charge in [0.15, 0.2) is 0 Å². The molecule has 0 spiro atoms. The van der Waals surface area contributed by atoms with Gasteiger partial charge in [0.05, 0.1) is 19.8 Å². The summed E-state index contributed by atoms with van der Waals surface area (Å²) in [5.41, 5.74) is 0.908. The van der Waals surface area contributed by atoms with E-state index in [0.717, 1.165) is 11.1 Å². The molecule has 0 heterocycles. The number of alkyl carbamates (subject to hydrolysis) is 1. The predicted octanol–water partition coefficient (Wildman–Crippen LogP) is 3.54. The maximum Gasteiger partial charge on any atom is 0.407 e. The van der Waals surface area contributed by atoms with Gasteiger partial charge in [0.2, 0.25) is 11.8 Å². The van der Waals surface area contributed by atoms with Crippen LogP contribution in [0.25, 0.3) is 0 Å². The molecular weight excluding hydrogens is 662 g/mol. The summed E-state index contributed by atoms with van der Waals surface area (Å²) in [5, 5.41) is 7.73. The second kappa shape index (κ2) is 23.6. The average molecular weight is 714 g/mol. The van der Waals surface area contributed by atoms with E-state index in [1.54, 1.807) is 52.0 Å². The van der Waals surface area contributed by atoms with Crippen molar-refractivity contribution < 1.29 is 52.5 Å². The van der Waals surface area contributed by atoms with Crippen LogP contribution in [0.4, 0.5) is 4.79 Å². The van der Waals surface area contributed by atoms with Gasteiger partial charge in [-0.3, -0.25) is 19.2 Å². The Balaban J connectivity index is 1.93. The van der Waals surface area contributed by atoms with Crippen molar-refractivity contribution in [2.75, 3.05) is 33.0 Å². The van der Waals surface area contributed by atoms with E-state index in [4.69, 9.17) is 23.7 Å². The second-order valence-corrected chi connectivity index (χ2v) is 12.5. The summed E-state index contributed by atoms with van der Waals surface area (Å²) in [6.45, 7) is 7.16. The Morgan fingerprint density at radius 1 is 0.706 bits per heavy atom. The molecule has 280 valence electrons. The van der Waals surface area contributed by atoms with Crippen LogP contribution in [0.2, 0.25) is 0 Å². The fourth-order valence-corrected chi connectivity index (χ4v) is 4.33. The molecule has 2 atom stereocenters. The standard InChI is InChI=1S/C37H51N3O11/c1-5-29(41)16-17-30(39-32(42)26-48-23-22-47-21-20-38-36(46)51-37(2,3)4)34(44)40-31(35(45)50-25-28-14-10-7-11-15-28)18-19-33(43)49-24-27-12-8-6-9-13-27/h6-15,30-31H,5,16-26H2,1-4H3,(H,38,46)(H,39,42)(H,40,44). The zero-order valence-corrected chi connectivity index (χ0v) is 29.9. The molecule has 0 aliphatic carbocycles. The first kappa shape index (κ1) is 42.3. The summed E-state index contributed by atoms with van der Waals surface area (Å²) >= 11 is 0. The summed E-state index contributed by atoms with van der Waals surface area (Å²) < 4.78 is 26.7. The van der Waals surface area contributed by atoms with Gasteiger partial charge in [-0.05, 0) is 44.7 Å². The molecule has 0 aliphatic rings. The smallest absolute Gasteiger partial charge is 0.407 e. The molecule has 2 aromatic rings. The van der Waals surface area contributed by atoms with Gasteiger partial charge in [0.25, 0.3) is 0 Å². The lowest BCUT2D eigenvalue weighted by Gasteiger charge is -2.22. The highest BCUT2D eigenvalue weighted by Crippen LogP contribution is 2.10. The third-order valence-corrected chi connectivity index (χ3v) is 6.98. The van der Waals surface area contributed by atoms with Crippen molar-refractivity contribution >= 4 is 35.6 Å². The average Bonchev–Trinajstić information content (AvgIpc) is 3.10. The molecule has 2 rings (SSSR count). The Kier molecular flexibility index (Phi) is 19.6. The summed E-state index contributed by atoms with van der Waals surface area (Å²) in [6.07, 6.45) is -0.652. The second-order valence-electron chi connectivity index (χ2n) is 12.5. The molecule has 0 saturated heterocycles. The number of ketones is 1. The number of benzene rings is 2. The van der Waals surface area contributed by atoms with E-state index in [1.807, 2.05) is 36.4 Å². The quantitative estimate of drug-likeness (QED) is 0.0870. The summed E-state index contributed by atoms with van der Waals surface area (Å²) in [5.74, 6) is -2.82. The summed E-state index contributed by atoms with van der Waals surface area (Å²) in [6, 6.07) is 15.6. The lowest BCUT2D eigenvalue weighted by molar-refractivity contribution is -0.151. The van der Waals surface area contributed by atoms with E-state index in [1.165, 1.54) is 0 Å². The number of nitrogens with one attached hydrogen (secondary N) is 3. The van der Waals surface area contributed by atoms with Crippen LogP contribution < -0.4 is 16.0 Å². The number of hydrogen-bond acceptors (Lipinski definition) is 11. The third-order valence-electron chi connectivity index (χ3n) is 6.98. The fraction of sp³-hybridized carbons (Fsp3) is 0.514. The summed E-state index contributed by atoms with van der Waals surface area (Å²) in [4.78, 5) is 75.7. The molecule has 14 nitrogen and oxygen atoms in total. The fourth-order valence-electron chi connectivity index (χ4n) is 4.33. The molecular formula is C37H51N3O11. The van der Waals surface area contributed by atoms with E-state index in [9.17, 15) is 28.8 Å². The molecule has 0 fully saturated rings. The molecule has 0 aliphatic heterocycles. The predicted molar refractivity (Wildman–Crippen MR) is 186 cm³/mol. The number of amides is 3. The molecule has 2 aromatic carbocycles. The number of hydrogen-bond donors (Lipinski definition) is 3. The van der Waals surface area contributed by atoms with Crippen LogP contribution in [0.1, 0.15) is 70.9 Å². The van der Waals surface area contributed by atoms with Gasteiger partial charge in [-0.2, -0.15) is 0 Å². The van der Waals surface area contributed by atoms with Gasteiger partial charge in [-0.15, -0.1) is 0 Å². The molecule has 3 N–H and O–H groups in total. The van der Waals surface area contributed by atoms with Crippen molar-refractivity contribution in [3.63, 3.8) is 0 Å². The number of Topliss-reactive ketones (excluding diaryl/α,β-unsaturated/α-hetero) is 1. The van der Waals surface area contributed by atoms with Crippen LogP contribution >= 0.6 is 0 Å². The van der Waals surface area contributed by atoms with Crippen molar-refractivity contribution in [1.82, 2.24) is 16.0 Å². The van der Waals surface area contributed by atoms with E-state index >= 15 is 0 Å². The lowest BCUT2D eigenvalue weighted by Crippen LogP contribution is -2.52. The van der Waals surface area contributed by atoms with Gasteiger partial charge in [0.1, 0.15) is 43.3 Å². The third kappa shape index (κ3) is 19.8. The van der Waals surface area contributed by atoms with Crippen molar-refractivity contribution in [1.29, 1.82) is 0 Å². The van der Waals surface area contributed by atoms with Crippen LogP contribution in [-0.4, -0.2) is 86.3 Å². The number of carbonyl (C=O) groups excluding carboxylic acids is 6. The largest absolute Gasteiger partial charge is 0.461 e. The normalized spacial score (nSPS) is 12.2. The van der Waals surface area contributed by atoms with Crippen LogP contribution in [0.15, 0.2) is 60.7 Å². The Bertz CT molecular complexity index is 1380. The van der Waals surface area contributed by atoms with Crippen molar-refractivity contribution in [3.05, 3.63) is 71.8 Å². The molecule has 0 radical (unpaired) electrons. The Labute approximate surface area is 299 Å². The van der Waals surface area contributed by atoms with E-state index in [0.29, 0.717) is 0 Å². The number of esters is 2. The van der Waals surface area contributed by atoms with E-state index < -0.39 is 54.1 Å². The Morgan fingerprint density at radius 3 is 1.90 bits per heavy atom. The van der Waals surface area contributed by atoms with Gasteiger partial charge >= 0.3 is 18.0 Å². The van der Waals surface area contributed by atoms with Crippen molar-refractivity contribution in [3.8, 4) is 0 Å². The minimum Gasteiger partial charge on any atom is -0.461 e. The highest BCUT2D eigenvalue weighted by molar-refractivity contribution is 5.91. The molecule has 3 amide bonds. The lowest BCUT2D eigenvalue weighted by atomic mass is 10.1.